The van der Waals surface area contributed by atoms with Crippen molar-refractivity contribution in [2.75, 3.05) is 0 Å². The maximum Gasteiger partial charge on any atom is 0.121 e. The molecule has 13 heavy (non-hydrogen) atoms. The van der Waals surface area contributed by atoms with Gasteiger partial charge in [-0.15, -0.1) is 0 Å². The summed E-state index contributed by atoms with van der Waals surface area (Å²) >= 11 is 5.64. The lowest BCUT2D eigenvalue weighted by Crippen LogP contribution is -2.23. The highest BCUT2D eigenvalue weighted by Crippen LogP contribution is 2.27. The predicted molar refractivity (Wildman–Crippen MR) is 51.7 cm³/mol. The van der Waals surface area contributed by atoms with Gasteiger partial charge in [-0.3, -0.25) is 0 Å². The number of aliphatic hydroxyl groups is 1. The van der Waals surface area contributed by atoms with Crippen LogP contribution in [0.3, 0.4) is 0 Å². The minimum Gasteiger partial charge on any atom is -0.508 e. The Morgan fingerprint density at radius 2 is 2.08 bits per heavy atom. The fraction of sp³-hybridized carbons (Fsp3) is 0.333. The number of aliphatic hydroxyl groups excluding tert-OH is 1. The number of aromatic hydroxyl groups is 1. The molecule has 0 amide bonds. The first-order valence-electron chi connectivity index (χ1n) is 3.94. The Bertz CT molecular complexity index is 302. The average molecular weight is 202 g/mol. The van der Waals surface area contributed by atoms with Crippen LogP contribution in [0.4, 0.5) is 0 Å². The summed E-state index contributed by atoms with van der Waals surface area (Å²) in [6.45, 7) is 1.57. The average Bonchev–Trinajstić information content (AvgIpc) is 2.03. The van der Waals surface area contributed by atoms with Crippen LogP contribution in [0, 0.1) is 0 Å². The lowest BCUT2D eigenvalue weighted by Gasteiger charge is -2.16. The smallest absolute Gasteiger partial charge is 0.121 e. The van der Waals surface area contributed by atoms with Gasteiger partial charge in [0, 0.05) is 10.6 Å². The van der Waals surface area contributed by atoms with Gasteiger partial charge in [0.15, 0.2) is 0 Å². The van der Waals surface area contributed by atoms with Crippen LogP contribution in [0.1, 0.15) is 18.5 Å². The van der Waals surface area contributed by atoms with Crippen LogP contribution in [0.2, 0.25) is 5.02 Å². The summed E-state index contributed by atoms with van der Waals surface area (Å²) in [7, 11) is 0. The minimum absolute atomic E-state index is 0.0147. The van der Waals surface area contributed by atoms with Crippen LogP contribution in [0.15, 0.2) is 18.2 Å². The van der Waals surface area contributed by atoms with Crippen LogP contribution in [-0.4, -0.2) is 16.3 Å². The van der Waals surface area contributed by atoms with Gasteiger partial charge in [0.25, 0.3) is 0 Å². The third-order valence-corrected chi connectivity index (χ3v) is 2.11. The third kappa shape index (κ3) is 2.34. The first-order chi connectivity index (χ1) is 6.02. The number of benzene rings is 1. The molecule has 0 aliphatic carbocycles. The molecule has 1 aromatic rings. The molecule has 0 aliphatic rings. The molecule has 72 valence electrons. The summed E-state index contributed by atoms with van der Waals surface area (Å²) in [6, 6.07) is 4.05. The van der Waals surface area contributed by atoms with Crippen LogP contribution < -0.4 is 5.73 Å². The zero-order chi connectivity index (χ0) is 10.0. The third-order valence-electron chi connectivity index (χ3n) is 1.87. The summed E-state index contributed by atoms with van der Waals surface area (Å²) in [5.41, 5.74) is 6.14. The van der Waals surface area contributed by atoms with Crippen molar-refractivity contribution in [3.05, 3.63) is 28.8 Å². The lowest BCUT2D eigenvalue weighted by atomic mass is 10.0. The van der Waals surface area contributed by atoms with Crippen molar-refractivity contribution >= 4 is 11.6 Å². The van der Waals surface area contributed by atoms with E-state index >= 15 is 0 Å². The highest BCUT2D eigenvalue weighted by Gasteiger charge is 2.15. The Labute approximate surface area is 81.8 Å². The van der Waals surface area contributed by atoms with E-state index in [4.69, 9.17) is 17.3 Å². The van der Waals surface area contributed by atoms with Crippen LogP contribution >= 0.6 is 11.6 Å². The van der Waals surface area contributed by atoms with Gasteiger partial charge in [-0.2, -0.15) is 0 Å². The number of hydrogen-bond acceptors (Lipinski definition) is 3. The minimum atomic E-state index is -0.702. The molecule has 1 rings (SSSR count). The van der Waals surface area contributed by atoms with Gasteiger partial charge in [-0.1, -0.05) is 17.7 Å². The van der Waals surface area contributed by atoms with Crippen molar-refractivity contribution in [3.63, 3.8) is 0 Å². The Morgan fingerprint density at radius 1 is 1.46 bits per heavy atom. The van der Waals surface area contributed by atoms with Crippen LogP contribution in [-0.2, 0) is 0 Å². The second kappa shape index (κ2) is 3.96. The number of phenolic OH excluding ortho intramolecular Hbond substituents is 1. The van der Waals surface area contributed by atoms with Crippen molar-refractivity contribution in [1.29, 1.82) is 0 Å². The fourth-order valence-electron chi connectivity index (χ4n) is 1.06. The molecule has 0 fully saturated rings. The standard InChI is InChI=1S/C9H12ClNO2/c1-5(12)9(11)7-3-2-6(10)4-8(7)13/h2-5,9,12-13H,11H2,1H3/t5-,9-/m0/s1. The largest absolute Gasteiger partial charge is 0.508 e. The van der Waals surface area contributed by atoms with Gasteiger partial charge >= 0.3 is 0 Å². The summed E-state index contributed by atoms with van der Waals surface area (Å²) < 4.78 is 0. The molecule has 1 aromatic carbocycles. The molecule has 0 bridgehead atoms. The van der Waals surface area contributed by atoms with Gasteiger partial charge in [0.1, 0.15) is 5.75 Å². The zero-order valence-corrected chi connectivity index (χ0v) is 7.99. The SMILES string of the molecule is C[C@H](O)[C@H](N)c1ccc(Cl)cc1O. The van der Waals surface area contributed by atoms with E-state index in [-0.39, 0.29) is 5.75 Å². The van der Waals surface area contributed by atoms with Gasteiger partial charge in [-0.25, -0.2) is 0 Å². The van der Waals surface area contributed by atoms with E-state index in [2.05, 4.69) is 0 Å². The monoisotopic (exact) mass is 201 g/mol. The van der Waals surface area contributed by atoms with Crippen LogP contribution in [0.5, 0.6) is 5.75 Å². The fourth-order valence-corrected chi connectivity index (χ4v) is 1.22. The predicted octanol–water partition coefficient (Wildman–Crippen LogP) is 1.43. The van der Waals surface area contributed by atoms with E-state index in [0.717, 1.165) is 0 Å². The second-order valence-electron chi connectivity index (χ2n) is 2.97. The maximum atomic E-state index is 9.44. The highest BCUT2D eigenvalue weighted by atomic mass is 35.5. The van der Waals surface area contributed by atoms with Gasteiger partial charge in [0.05, 0.1) is 12.1 Å². The summed E-state index contributed by atoms with van der Waals surface area (Å²) in [5, 5.41) is 19.1. The number of rotatable bonds is 2. The van der Waals surface area contributed by atoms with Crippen molar-refractivity contribution in [2.24, 2.45) is 5.73 Å². The molecule has 0 aliphatic heterocycles. The molecule has 0 unspecified atom stereocenters. The van der Waals surface area contributed by atoms with E-state index in [1.807, 2.05) is 0 Å². The molecule has 4 heteroatoms. The quantitative estimate of drug-likeness (QED) is 0.678. The molecule has 0 aromatic heterocycles. The highest BCUT2D eigenvalue weighted by molar-refractivity contribution is 6.30. The Balaban J connectivity index is 3.01. The van der Waals surface area contributed by atoms with Crippen molar-refractivity contribution in [2.45, 2.75) is 19.1 Å². The van der Waals surface area contributed by atoms with E-state index in [9.17, 15) is 10.2 Å². The molecule has 3 nitrogen and oxygen atoms in total. The number of hydrogen-bond donors (Lipinski definition) is 3. The first kappa shape index (κ1) is 10.3. The molecule has 0 spiro atoms. The summed E-state index contributed by atoms with van der Waals surface area (Å²) in [5.74, 6) is 0.0147. The number of nitrogens with two attached hydrogens (primary N) is 1. The normalized spacial score (nSPS) is 15.4. The lowest BCUT2D eigenvalue weighted by molar-refractivity contribution is 0.163. The molecular weight excluding hydrogens is 190 g/mol. The van der Waals surface area contributed by atoms with E-state index in [0.29, 0.717) is 10.6 Å². The van der Waals surface area contributed by atoms with Gasteiger partial charge in [-0.05, 0) is 19.1 Å². The number of phenols is 1. The zero-order valence-electron chi connectivity index (χ0n) is 7.24. The van der Waals surface area contributed by atoms with E-state index in [1.165, 1.54) is 6.07 Å². The van der Waals surface area contributed by atoms with Crippen molar-refractivity contribution in [1.82, 2.24) is 0 Å². The van der Waals surface area contributed by atoms with Crippen LogP contribution in [0.25, 0.3) is 0 Å². The molecule has 4 N–H and O–H groups in total. The Morgan fingerprint density at radius 3 is 2.54 bits per heavy atom. The van der Waals surface area contributed by atoms with Crippen molar-refractivity contribution in [3.8, 4) is 5.75 Å². The topological polar surface area (TPSA) is 66.5 Å². The van der Waals surface area contributed by atoms with Crippen molar-refractivity contribution < 1.29 is 10.2 Å². The summed E-state index contributed by atoms with van der Waals surface area (Å²) in [6.07, 6.45) is -0.702. The molecule has 0 heterocycles. The van der Waals surface area contributed by atoms with Gasteiger partial charge in [0.2, 0.25) is 0 Å². The molecule has 0 radical (unpaired) electrons. The van der Waals surface area contributed by atoms with E-state index < -0.39 is 12.1 Å². The molecular formula is C9H12ClNO2. The first-order valence-corrected chi connectivity index (χ1v) is 4.32. The summed E-state index contributed by atoms with van der Waals surface area (Å²) in [4.78, 5) is 0. The van der Waals surface area contributed by atoms with Gasteiger partial charge < -0.3 is 15.9 Å². The van der Waals surface area contributed by atoms with E-state index in [1.54, 1.807) is 19.1 Å². The Hall–Kier alpha value is -0.770. The maximum absolute atomic E-state index is 9.44. The molecule has 2 atom stereocenters. The number of halogens is 1. The Kier molecular flexibility index (Phi) is 3.14. The molecule has 0 saturated heterocycles. The second-order valence-corrected chi connectivity index (χ2v) is 3.41. The molecule has 0 saturated carbocycles.